The molecule has 3 aromatic rings. The maximum Gasteiger partial charge on any atom is 0.231 e. The Bertz CT molecular complexity index is 1360. The lowest BCUT2D eigenvalue weighted by Crippen LogP contribution is -2.48. The first-order chi connectivity index (χ1) is 19.9. The van der Waals surface area contributed by atoms with Gasteiger partial charge in [0, 0.05) is 31.4 Å². The predicted molar refractivity (Wildman–Crippen MR) is 147 cm³/mol. The van der Waals surface area contributed by atoms with E-state index in [9.17, 15) is 9.18 Å². The molecule has 0 radical (unpaired) electrons. The lowest BCUT2D eigenvalue weighted by molar-refractivity contribution is -0.230. The van der Waals surface area contributed by atoms with Crippen molar-refractivity contribution in [3.63, 3.8) is 0 Å². The molecule has 0 spiro atoms. The fourth-order valence-electron chi connectivity index (χ4n) is 4.65. The van der Waals surface area contributed by atoms with Gasteiger partial charge in [0.05, 0.1) is 55.0 Å². The molecule has 2 fully saturated rings. The first-order valence-electron chi connectivity index (χ1n) is 13.6. The average Bonchev–Trinajstić information content (AvgIpc) is 3.45. The predicted octanol–water partition coefficient (Wildman–Crippen LogP) is 2.50. The van der Waals surface area contributed by atoms with Gasteiger partial charge >= 0.3 is 0 Å². The van der Waals surface area contributed by atoms with Gasteiger partial charge in [-0.05, 0) is 50.2 Å². The van der Waals surface area contributed by atoms with Crippen LogP contribution in [0.5, 0.6) is 0 Å². The molecular weight excluding hydrogens is 531 g/mol. The zero-order valence-corrected chi connectivity index (χ0v) is 22.9. The Morgan fingerprint density at radius 1 is 1.20 bits per heavy atom. The van der Waals surface area contributed by atoms with Gasteiger partial charge in [0.15, 0.2) is 5.82 Å². The lowest BCUT2D eigenvalue weighted by atomic mass is 9.91. The second-order valence-electron chi connectivity index (χ2n) is 10.2. The van der Waals surface area contributed by atoms with E-state index in [0.29, 0.717) is 41.0 Å². The van der Waals surface area contributed by atoms with Gasteiger partial charge in [-0.25, -0.2) is 19.3 Å². The van der Waals surface area contributed by atoms with Crippen LogP contribution >= 0.6 is 0 Å². The van der Waals surface area contributed by atoms with Crippen LogP contribution in [0.25, 0.3) is 22.6 Å². The molecule has 2 aliphatic heterocycles. The standard InChI is InChI=1S/C28H33FN8O4/c1-28(26(38)31-11-8-30)17-40-25(41-18-28)24-35-22(19-3-5-20(29)6-4-19)23(36-24)21-7-10-33-27(34-21)32-9-2-12-37-13-15-39-16-14-37/h3-7,10,25H,2,9,11-18H2,1H3,(H,31,38)(H,35,36)(H,32,33,34). The monoisotopic (exact) mass is 564 g/mol. The Hall–Kier alpha value is -3.96. The number of aromatic nitrogens is 4. The molecule has 0 saturated carbocycles. The number of hydrogen-bond donors (Lipinski definition) is 3. The molecule has 0 bridgehead atoms. The van der Waals surface area contributed by atoms with Crippen molar-refractivity contribution in [2.75, 3.05) is 64.5 Å². The van der Waals surface area contributed by atoms with Gasteiger partial charge in [-0.15, -0.1) is 0 Å². The van der Waals surface area contributed by atoms with E-state index in [-0.39, 0.29) is 31.5 Å². The summed E-state index contributed by atoms with van der Waals surface area (Å²) in [6.07, 6.45) is 1.74. The molecule has 0 atom stereocenters. The summed E-state index contributed by atoms with van der Waals surface area (Å²) >= 11 is 0. The molecule has 5 rings (SSSR count). The number of halogens is 1. The Kier molecular flexibility index (Phi) is 9.15. The van der Waals surface area contributed by atoms with Crippen LogP contribution in [0.3, 0.4) is 0 Å². The number of imidazole rings is 1. The van der Waals surface area contributed by atoms with Crippen LogP contribution < -0.4 is 10.6 Å². The summed E-state index contributed by atoms with van der Waals surface area (Å²) in [5, 5.41) is 14.6. The number of aromatic amines is 1. The smallest absolute Gasteiger partial charge is 0.231 e. The first-order valence-corrected chi connectivity index (χ1v) is 13.6. The van der Waals surface area contributed by atoms with Gasteiger partial charge in [-0.3, -0.25) is 9.69 Å². The van der Waals surface area contributed by atoms with Crippen molar-refractivity contribution >= 4 is 11.9 Å². The summed E-state index contributed by atoms with van der Waals surface area (Å²) in [7, 11) is 0. The molecule has 2 aliphatic rings. The molecule has 216 valence electrons. The van der Waals surface area contributed by atoms with Gasteiger partial charge in [-0.2, -0.15) is 5.26 Å². The number of carbonyl (C=O) groups is 1. The van der Waals surface area contributed by atoms with Gasteiger partial charge in [0.25, 0.3) is 0 Å². The van der Waals surface area contributed by atoms with Crippen LogP contribution in [0.2, 0.25) is 0 Å². The van der Waals surface area contributed by atoms with E-state index in [1.165, 1.54) is 12.1 Å². The normalized spacial score (nSPS) is 21.2. The Morgan fingerprint density at radius 2 is 1.95 bits per heavy atom. The van der Waals surface area contributed by atoms with Gasteiger partial charge in [-0.1, -0.05) is 0 Å². The second kappa shape index (κ2) is 13.1. The number of ether oxygens (including phenoxy) is 3. The Morgan fingerprint density at radius 3 is 2.68 bits per heavy atom. The molecule has 2 saturated heterocycles. The van der Waals surface area contributed by atoms with Crippen molar-refractivity contribution in [2.45, 2.75) is 19.6 Å². The Balaban J connectivity index is 1.32. The third-order valence-electron chi connectivity index (χ3n) is 7.00. The summed E-state index contributed by atoms with van der Waals surface area (Å²) in [6, 6.07) is 9.68. The van der Waals surface area contributed by atoms with Crippen LogP contribution in [0, 0.1) is 22.6 Å². The van der Waals surface area contributed by atoms with Crippen LogP contribution in [-0.2, 0) is 19.0 Å². The fourth-order valence-corrected chi connectivity index (χ4v) is 4.65. The van der Waals surface area contributed by atoms with Crippen LogP contribution in [0.1, 0.15) is 25.5 Å². The molecule has 0 aliphatic carbocycles. The number of nitrogens with zero attached hydrogens (tertiary/aromatic N) is 5. The highest BCUT2D eigenvalue weighted by Gasteiger charge is 2.40. The number of nitriles is 1. The largest absolute Gasteiger partial charge is 0.379 e. The molecule has 3 N–H and O–H groups in total. The van der Waals surface area contributed by atoms with Crippen LogP contribution in [0.15, 0.2) is 36.5 Å². The van der Waals surface area contributed by atoms with E-state index >= 15 is 0 Å². The Labute approximate surface area is 237 Å². The number of morpholine rings is 1. The molecule has 41 heavy (non-hydrogen) atoms. The van der Waals surface area contributed by atoms with E-state index in [4.69, 9.17) is 29.4 Å². The first kappa shape index (κ1) is 28.6. The van der Waals surface area contributed by atoms with Gasteiger partial charge in [0.1, 0.15) is 12.4 Å². The molecule has 13 heteroatoms. The fraction of sp³-hybridized carbons (Fsp3) is 0.464. The highest BCUT2D eigenvalue weighted by atomic mass is 19.1. The number of hydrogen-bond acceptors (Lipinski definition) is 10. The minimum absolute atomic E-state index is 0.0723. The van der Waals surface area contributed by atoms with Gasteiger partial charge < -0.3 is 29.8 Å². The van der Waals surface area contributed by atoms with Crippen molar-refractivity contribution in [3.8, 4) is 28.7 Å². The van der Waals surface area contributed by atoms with E-state index < -0.39 is 11.7 Å². The third-order valence-corrected chi connectivity index (χ3v) is 7.00. The van der Waals surface area contributed by atoms with Crippen molar-refractivity contribution < 1.29 is 23.4 Å². The highest BCUT2D eigenvalue weighted by Crippen LogP contribution is 2.35. The van der Waals surface area contributed by atoms with E-state index in [0.717, 1.165) is 39.3 Å². The molecule has 1 aromatic carbocycles. The maximum atomic E-state index is 13.7. The van der Waals surface area contributed by atoms with Crippen LogP contribution in [-0.4, -0.2) is 89.9 Å². The quantitative estimate of drug-likeness (QED) is 0.248. The minimum atomic E-state index is -0.947. The number of rotatable bonds is 10. The summed E-state index contributed by atoms with van der Waals surface area (Å²) < 4.78 is 30.9. The van der Waals surface area contributed by atoms with Crippen molar-refractivity contribution in [2.24, 2.45) is 5.41 Å². The summed E-state index contributed by atoms with van der Waals surface area (Å²) in [6.45, 7) is 6.88. The van der Waals surface area contributed by atoms with E-state index in [1.807, 2.05) is 6.07 Å². The maximum absolute atomic E-state index is 13.7. The molecule has 4 heterocycles. The number of carbonyl (C=O) groups excluding carboxylic acids is 1. The second-order valence-corrected chi connectivity index (χ2v) is 10.2. The third kappa shape index (κ3) is 7.04. The summed E-state index contributed by atoms with van der Waals surface area (Å²) in [4.78, 5) is 31.9. The number of amides is 1. The topological polar surface area (TPSA) is 150 Å². The molecule has 0 unspecified atom stereocenters. The van der Waals surface area contributed by atoms with Crippen molar-refractivity contribution in [1.82, 2.24) is 30.2 Å². The molecular formula is C28H33FN8O4. The zero-order chi connectivity index (χ0) is 28.7. The van der Waals surface area contributed by atoms with Crippen molar-refractivity contribution in [1.29, 1.82) is 5.26 Å². The average molecular weight is 565 g/mol. The summed E-state index contributed by atoms with van der Waals surface area (Å²) in [5.74, 6) is 0.188. The van der Waals surface area contributed by atoms with Crippen molar-refractivity contribution in [3.05, 3.63) is 48.2 Å². The lowest BCUT2D eigenvalue weighted by Gasteiger charge is -2.35. The molecule has 12 nitrogen and oxygen atoms in total. The minimum Gasteiger partial charge on any atom is -0.379 e. The summed E-state index contributed by atoms with van der Waals surface area (Å²) in [5.41, 5.74) is 1.46. The highest BCUT2D eigenvalue weighted by molar-refractivity contribution is 5.83. The van der Waals surface area contributed by atoms with E-state index in [1.54, 1.807) is 31.3 Å². The molecule has 1 amide bonds. The number of nitrogens with one attached hydrogen (secondary N) is 3. The SMILES string of the molecule is CC1(C(=O)NCC#N)COC(c2nc(-c3ccc(F)cc3)c(-c3ccnc(NCCCN4CCOCC4)n3)[nH]2)OC1. The molecule has 2 aromatic heterocycles. The zero-order valence-electron chi connectivity index (χ0n) is 22.9. The van der Waals surface area contributed by atoms with E-state index in [2.05, 4.69) is 25.5 Å². The van der Waals surface area contributed by atoms with Crippen LogP contribution in [0.4, 0.5) is 10.3 Å². The number of benzene rings is 1. The number of anilines is 1. The number of H-pyrrole nitrogens is 1. The van der Waals surface area contributed by atoms with Gasteiger partial charge in [0.2, 0.25) is 18.1 Å².